The minimum atomic E-state index is -3.03. The van der Waals surface area contributed by atoms with Crippen molar-refractivity contribution in [2.24, 2.45) is 0 Å². The van der Waals surface area contributed by atoms with Gasteiger partial charge in [-0.1, -0.05) is 6.92 Å². The van der Waals surface area contributed by atoms with E-state index in [-0.39, 0.29) is 5.25 Å². The Kier molecular flexibility index (Phi) is 11.1. The van der Waals surface area contributed by atoms with Gasteiger partial charge in [-0.25, -0.2) is 0 Å². The normalized spacial score (nSPS) is 20.6. The summed E-state index contributed by atoms with van der Waals surface area (Å²) >= 11 is 4.41. The highest BCUT2D eigenvalue weighted by atomic mass is 32.1. The Morgan fingerprint density at radius 3 is 1.33 bits per heavy atom. The van der Waals surface area contributed by atoms with Crippen molar-refractivity contribution in [1.82, 2.24) is 0 Å². The maximum atomic E-state index is 5.96. The van der Waals surface area contributed by atoms with Gasteiger partial charge in [-0.05, 0) is 32.4 Å². The number of methoxy groups -OCH3 is 3. The van der Waals surface area contributed by atoms with Crippen LogP contribution in [0.1, 0.15) is 34.1 Å². The Labute approximate surface area is 135 Å². The first-order valence-electron chi connectivity index (χ1n) is 7.08. The molecule has 6 nitrogen and oxygen atoms in total. The summed E-state index contributed by atoms with van der Waals surface area (Å²) in [7, 11) is 1.69. The summed E-state index contributed by atoms with van der Waals surface area (Å²) in [4.78, 5) is 0. The van der Waals surface area contributed by atoms with E-state index < -0.39 is 27.7 Å². The fraction of sp³-hybridized carbons (Fsp3) is 1.00. The SMILES string of the molecule is COC(C)O[Si](CCC(C)S)(OC(C)OC)OC(C)OC. The molecule has 0 aliphatic rings. The summed E-state index contributed by atoms with van der Waals surface area (Å²) in [6.45, 7) is 7.41. The summed E-state index contributed by atoms with van der Waals surface area (Å²) in [6, 6.07) is 0.604. The summed E-state index contributed by atoms with van der Waals surface area (Å²) in [6.07, 6.45) is -0.543. The molecule has 0 aromatic carbocycles. The molecule has 4 unspecified atom stereocenters. The molecular formula is C13H30O6SSi. The molecule has 0 aromatic rings. The van der Waals surface area contributed by atoms with Crippen molar-refractivity contribution < 1.29 is 27.5 Å². The van der Waals surface area contributed by atoms with E-state index in [1.807, 2.05) is 6.92 Å². The second-order valence-electron chi connectivity index (χ2n) is 4.83. The van der Waals surface area contributed by atoms with Gasteiger partial charge in [-0.3, -0.25) is 0 Å². The van der Waals surface area contributed by atoms with E-state index in [0.717, 1.165) is 6.42 Å². The highest BCUT2D eigenvalue weighted by Gasteiger charge is 2.46. The maximum absolute atomic E-state index is 5.96. The van der Waals surface area contributed by atoms with Gasteiger partial charge < -0.3 is 27.5 Å². The van der Waals surface area contributed by atoms with E-state index in [4.69, 9.17) is 27.5 Å². The van der Waals surface area contributed by atoms with E-state index in [9.17, 15) is 0 Å². The Hall–Kier alpha value is 0.327. The molecule has 0 amide bonds. The molecule has 0 bridgehead atoms. The quantitative estimate of drug-likeness (QED) is 0.334. The highest BCUT2D eigenvalue weighted by molar-refractivity contribution is 7.80. The summed E-state index contributed by atoms with van der Waals surface area (Å²) in [5.41, 5.74) is 0. The van der Waals surface area contributed by atoms with E-state index >= 15 is 0 Å². The van der Waals surface area contributed by atoms with Gasteiger partial charge in [0.05, 0.1) is 0 Å². The van der Waals surface area contributed by atoms with Crippen molar-refractivity contribution in [3.63, 3.8) is 0 Å². The maximum Gasteiger partial charge on any atom is 0.506 e. The van der Waals surface area contributed by atoms with Crippen molar-refractivity contribution in [1.29, 1.82) is 0 Å². The molecule has 0 spiro atoms. The van der Waals surface area contributed by atoms with Gasteiger partial charge in [0.2, 0.25) is 0 Å². The summed E-state index contributed by atoms with van der Waals surface area (Å²) < 4.78 is 33.5. The predicted molar refractivity (Wildman–Crippen MR) is 86.3 cm³/mol. The molecule has 8 heteroatoms. The number of rotatable bonds is 12. The zero-order valence-electron chi connectivity index (χ0n) is 14.1. The fourth-order valence-corrected chi connectivity index (χ4v) is 5.03. The van der Waals surface area contributed by atoms with Crippen LogP contribution in [0.3, 0.4) is 0 Å². The monoisotopic (exact) mass is 342 g/mol. The van der Waals surface area contributed by atoms with Crippen molar-refractivity contribution >= 4 is 21.4 Å². The largest absolute Gasteiger partial charge is 0.506 e. The van der Waals surface area contributed by atoms with E-state index in [1.54, 1.807) is 42.1 Å². The van der Waals surface area contributed by atoms with Crippen molar-refractivity contribution in [2.75, 3.05) is 21.3 Å². The third-order valence-electron chi connectivity index (χ3n) is 2.90. The van der Waals surface area contributed by atoms with Gasteiger partial charge in [0.25, 0.3) is 0 Å². The minimum Gasteiger partial charge on any atom is -0.357 e. The Balaban J connectivity index is 5.13. The standard InChI is InChI=1S/C13H30O6SSi/c1-10(20)8-9-21(17-11(2)14-5,18-12(3)15-6)19-13(4)16-7/h10-13,20H,8-9H2,1-7H3. The number of ether oxygens (including phenoxy) is 3. The molecule has 0 saturated carbocycles. The van der Waals surface area contributed by atoms with E-state index in [2.05, 4.69) is 12.6 Å². The van der Waals surface area contributed by atoms with Crippen LogP contribution in [0.15, 0.2) is 0 Å². The van der Waals surface area contributed by atoms with Gasteiger partial charge in [0.15, 0.2) is 0 Å². The first-order chi connectivity index (χ1) is 9.78. The molecule has 128 valence electrons. The molecule has 21 heavy (non-hydrogen) atoms. The molecule has 0 fully saturated rings. The van der Waals surface area contributed by atoms with E-state index in [0.29, 0.717) is 6.04 Å². The third-order valence-corrected chi connectivity index (χ3v) is 6.13. The topological polar surface area (TPSA) is 55.4 Å². The zero-order valence-corrected chi connectivity index (χ0v) is 16.0. The molecule has 0 aliphatic carbocycles. The van der Waals surface area contributed by atoms with Crippen LogP contribution in [-0.4, -0.2) is 54.3 Å². The van der Waals surface area contributed by atoms with E-state index in [1.165, 1.54) is 0 Å². The summed E-state index contributed by atoms with van der Waals surface area (Å²) in [5, 5.41) is 0.209. The molecule has 0 heterocycles. The first-order valence-corrected chi connectivity index (χ1v) is 9.53. The van der Waals surface area contributed by atoms with Gasteiger partial charge in [0.1, 0.15) is 18.9 Å². The molecular weight excluding hydrogens is 312 g/mol. The van der Waals surface area contributed by atoms with Crippen molar-refractivity contribution in [2.45, 2.75) is 64.3 Å². The lowest BCUT2D eigenvalue weighted by atomic mass is 10.4. The average Bonchev–Trinajstić information content (AvgIpc) is 2.44. The lowest BCUT2D eigenvalue weighted by molar-refractivity contribution is -0.163. The van der Waals surface area contributed by atoms with Gasteiger partial charge >= 0.3 is 8.80 Å². The van der Waals surface area contributed by atoms with Crippen LogP contribution in [-0.2, 0) is 27.5 Å². The summed E-state index contributed by atoms with van der Waals surface area (Å²) in [5.74, 6) is 0. The molecule has 0 radical (unpaired) electrons. The minimum absolute atomic E-state index is 0.209. The third kappa shape index (κ3) is 9.14. The second-order valence-corrected chi connectivity index (χ2v) is 8.29. The van der Waals surface area contributed by atoms with Crippen molar-refractivity contribution in [3.8, 4) is 0 Å². The Bertz CT molecular complexity index is 238. The Morgan fingerprint density at radius 1 is 0.762 bits per heavy atom. The van der Waals surface area contributed by atoms with Crippen molar-refractivity contribution in [3.05, 3.63) is 0 Å². The number of hydrogen-bond acceptors (Lipinski definition) is 7. The first kappa shape index (κ1) is 21.3. The van der Waals surface area contributed by atoms with Gasteiger partial charge in [-0.15, -0.1) is 0 Å². The fourth-order valence-electron chi connectivity index (χ4n) is 1.55. The van der Waals surface area contributed by atoms with Crippen LogP contribution < -0.4 is 0 Å². The van der Waals surface area contributed by atoms with Crippen LogP contribution in [0.4, 0.5) is 0 Å². The number of hydrogen-bond donors (Lipinski definition) is 1. The number of thiol groups is 1. The lowest BCUT2D eigenvalue weighted by Crippen LogP contribution is -2.52. The van der Waals surface area contributed by atoms with Gasteiger partial charge in [-0.2, -0.15) is 12.6 Å². The predicted octanol–water partition coefficient (Wildman–Crippen LogP) is 2.66. The Morgan fingerprint density at radius 2 is 1.10 bits per heavy atom. The van der Waals surface area contributed by atoms with Gasteiger partial charge in [0, 0.05) is 27.4 Å². The molecule has 0 saturated heterocycles. The lowest BCUT2D eigenvalue weighted by Gasteiger charge is -2.35. The second kappa shape index (κ2) is 11.0. The van der Waals surface area contributed by atoms with Crippen LogP contribution in [0.5, 0.6) is 0 Å². The van der Waals surface area contributed by atoms with Crippen LogP contribution in [0, 0.1) is 0 Å². The highest BCUT2D eigenvalue weighted by Crippen LogP contribution is 2.26. The molecule has 0 aliphatic heterocycles. The zero-order chi connectivity index (χ0) is 16.5. The van der Waals surface area contributed by atoms with Crippen LogP contribution >= 0.6 is 12.6 Å². The van der Waals surface area contributed by atoms with Crippen LogP contribution in [0.2, 0.25) is 6.04 Å². The molecule has 0 aromatic heterocycles. The smallest absolute Gasteiger partial charge is 0.357 e. The molecule has 0 N–H and O–H groups in total. The molecule has 0 rings (SSSR count). The average molecular weight is 343 g/mol. The van der Waals surface area contributed by atoms with Crippen LogP contribution in [0.25, 0.3) is 0 Å². The molecule has 4 atom stereocenters.